The molecule has 1 aromatic carbocycles. The molecule has 2 heterocycles. The summed E-state index contributed by atoms with van der Waals surface area (Å²) in [7, 11) is 0. The fourth-order valence-electron chi connectivity index (χ4n) is 2.34. The molecule has 4 heteroatoms. The number of phenolic OH excluding ortho intramolecular Hbond substituents is 1. The first-order chi connectivity index (χ1) is 8.25. The molecule has 3 rings (SSSR count). The summed E-state index contributed by atoms with van der Waals surface area (Å²) in [4.78, 5) is 4.41. The molecule has 0 fully saturated rings. The second-order valence-electron chi connectivity index (χ2n) is 4.33. The van der Waals surface area contributed by atoms with Crippen LogP contribution in [-0.4, -0.2) is 14.7 Å². The SMILES string of the molecule is Oc1ccc(Cl)cc1-c1cnc2n1CCCC2. The molecule has 0 unspecified atom stereocenters. The van der Waals surface area contributed by atoms with Gasteiger partial charge in [0.05, 0.1) is 11.9 Å². The van der Waals surface area contributed by atoms with Crippen LogP contribution in [0.5, 0.6) is 5.75 Å². The third-order valence-corrected chi connectivity index (χ3v) is 3.44. The Kier molecular flexibility index (Phi) is 2.56. The van der Waals surface area contributed by atoms with Crippen molar-refractivity contribution >= 4 is 11.6 Å². The van der Waals surface area contributed by atoms with Gasteiger partial charge < -0.3 is 9.67 Å². The molecule has 1 aliphatic heterocycles. The summed E-state index contributed by atoms with van der Waals surface area (Å²) in [5.41, 5.74) is 1.72. The minimum absolute atomic E-state index is 0.252. The number of halogens is 1. The standard InChI is InChI=1S/C13H13ClN2O/c14-9-4-5-12(17)10(7-9)11-8-15-13-3-1-2-6-16(11)13/h4-5,7-8,17H,1-3,6H2. The second-order valence-corrected chi connectivity index (χ2v) is 4.77. The van der Waals surface area contributed by atoms with Crippen LogP contribution >= 0.6 is 11.6 Å². The minimum atomic E-state index is 0.252. The van der Waals surface area contributed by atoms with Crippen LogP contribution in [0.2, 0.25) is 5.02 Å². The van der Waals surface area contributed by atoms with Crippen LogP contribution < -0.4 is 0 Å². The van der Waals surface area contributed by atoms with Gasteiger partial charge in [0, 0.05) is 23.6 Å². The Morgan fingerprint density at radius 2 is 2.18 bits per heavy atom. The normalized spacial score (nSPS) is 14.6. The fraction of sp³-hybridized carbons (Fsp3) is 0.308. The fourth-order valence-corrected chi connectivity index (χ4v) is 2.52. The summed E-state index contributed by atoms with van der Waals surface area (Å²) in [6, 6.07) is 5.10. The average molecular weight is 249 g/mol. The Balaban J connectivity index is 2.15. The van der Waals surface area contributed by atoms with Crippen LogP contribution in [0.25, 0.3) is 11.3 Å². The second kappa shape index (κ2) is 4.08. The molecule has 88 valence electrons. The van der Waals surface area contributed by atoms with Crippen molar-refractivity contribution in [3.8, 4) is 17.0 Å². The van der Waals surface area contributed by atoms with E-state index in [9.17, 15) is 5.11 Å². The number of hydrogen-bond acceptors (Lipinski definition) is 2. The molecule has 3 nitrogen and oxygen atoms in total. The summed E-state index contributed by atoms with van der Waals surface area (Å²) in [6.07, 6.45) is 5.20. The number of benzene rings is 1. The van der Waals surface area contributed by atoms with E-state index in [0.717, 1.165) is 36.5 Å². The Morgan fingerprint density at radius 3 is 3.06 bits per heavy atom. The lowest BCUT2D eigenvalue weighted by Crippen LogP contribution is -2.11. The molecule has 2 aromatic rings. The monoisotopic (exact) mass is 248 g/mol. The van der Waals surface area contributed by atoms with E-state index in [4.69, 9.17) is 11.6 Å². The van der Waals surface area contributed by atoms with Crippen molar-refractivity contribution in [2.24, 2.45) is 0 Å². The van der Waals surface area contributed by atoms with E-state index >= 15 is 0 Å². The van der Waals surface area contributed by atoms with Crippen LogP contribution in [0, 0.1) is 0 Å². The lowest BCUT2D eigenvalue weighted by atomic mass is 10.1. The van der Waals surface area contributed by atoms with Gasteiger partial charge in [-0.3, -0.25) is 0 Å². The van der Waals surface area contributed by atoms with E-state index in [1.165, 1.54) is 6.42 Å². The number of phenols is 1. The lowest BCUT2D eigenvalue weighted by Gasteiger charge is -2.16. The third kappa shape index (κ3) is 1.80. The predicted octanol–water partition coefficient (Wildman–Crippen LogP) is 3.25. The number of hydrogen-bond donors (Lipinski definition) is 1. The Labute approximate surface area is 105 Å². The van der Waals surface area contributed by atoms with Gasteiger partial charge in [0.1, 0.15) is 11.6 Å². The molecule has 0 amide bonds. The number of fused-ring (bicyclic) bond motifs is 1. The van der Waals surface area contributed by atoms with E-state index in [1.807, 2.05) is 6.20 Å². The van der Waals surface area contributed by atoms with Crippen LogP contribution in [-0.2, 0) is 13.0 Å². The summed E-state index contributed by atoms with van der Waals surface area (Å²) < 4.78 is 2.18. The van der Waals surface area contributed by atoms with Crippen LogP contribution in [0.3, 0.4) is 0 Å². The van der Waals surface area contributed by atoms with Gasteiger partial charge in [0.2, 0.25) is 0 Å². The lowest BCUT2D eigenvalue weighted by molar-refractivity contribution is 0.475. The molecule has 0 saturated carbocycles. The van der Waals surface area contributed by atoms with Crippen LogP contribution in [0.1, 0.15) is 18.7 Å². The molecule has 17 heavy (non-hydrogen) atoms. The number of rotatable bonds is 1. The molecule has 0 spiro atoms. The largest absolute Gasteiger partial charge is 0.507 e. The number of imidazole rings is 1. The van der Waals surface area contributed by atoms with Crippen molar-refractivity contribution in [1.82, 2.24) is 9.55 Å². The van der Waals surface area contributed by atoms with E-state index in [1.54, 1.807) is 18.2 Å². The molecule has 0 atom stereocenters. The molecule has 0 bridgehead atoms. The summed E-state index contributed by atoms with van der Waals surface area (Å²) in [5, 5.41) is 10.5. The molecule has 0 radical (unpaired) electrons. The van der Waals surface area contributed by atoms with Crippen molar-refractivity contribution in [3.63, 3.8) is 0 Å². The minimum Gasteiger partial charge on any atom is -0.507 e. The van der Waals surface area contributed by atoms with Gasteiger partial charge in [-0.2, -0.15) is 0 Å². The molecule has 0 saturated heterocycles. The Hall–Kier alpha value is -1.48. The van der Waals surface area contributed by atoms with E-state index < -0.39 is 0 Å². The molecular weight excluding hydrogens is 236 g/mol. The number of aromatic hydroxyl groups is 1. The molecular formula is C13H13ClN2O. The van der Waals surface area contributed by atoms with Gasteiger partial charge in [-0.1, -0.05) is 11.6 Å². The van der Waals surface area contributed by atoms with Crippen LogP contribution in [0.4, 0.5) is 0 Å². The zero-order chi connectivity index (χ0) is 11.8. The van der Waals surface area contributed by atoms with Crippen LogP contribution in [0.15, 0.2) is 24.4 Å². The maximum absolute atomic E-state index is 9.91. The molecule has 0 aliphatic carbocycles. The highest BCUT2D eigenvalue weighted by molar-refractivity contribution is 6.30. The smallest absolute Gasteiger partial charge is 0.125 e. The van der Waals surface area contributed by atoms with Crippen molar-refractivity contribution in [3.05, 3.63) is 35.2 Å². The van der Waals surface area contributed by atoms with Gasteiger partial charge in [0.15, 0.2) is 0 Å². The molecule has 1 aromatic heterocycles. The Bertz CT molecular complexity index is 563. The zero-order valence-electron chi connectivity index (χ0n) is 9.36. The number of nitrogens with zero attached hydrogens (tertiary/aromatic N) is 2. The average Bonchev–Trinajstić information content (AvgIpc) is 2.76. The van der Waals surface area contributed by atoms with Gasteiger partial charge in [-0.15, -0.1) is 0 Å². The van der Waals surface area contributed by atoms with Crippen molar-refractivity contribution < 1.29 is 5.11 Å². The predicted molar refractivity (Wildman–Crippen MR) is 67.3 cm³/mol. The maximum atomic E-state index is 9.91. The first-order valence-corrected chi connectivity index (χ1v) is 6.17. The quantitative estimate of drug-likeness (QED) is 0.841. The number of aryl methyl sites for hydroxylation is 1. The molecule has 1 N–H and O–H groups in total. The topological polar surface area (TPSA) is 38.1 Å². The van der Waals surface area contributed by atoms with Gasteiger partial charge in [-0.05, 0) is 31.0 Å². The zero-order valence-corrected chi connectivity index (χ0v) is 10.1. The number of aromatic nitrogens is 2. The highest BCUT2D eigenvalue weighted by atomic mass is 35.5. The van der Waals surface area contributed by atoms with Gasteiger partial charge in [0.25, 0.3) is 0 Å². The molecule has 1 aliphatic rings. The summed E-state index contributed by atoms with van der Waals surface area (Å²) in [5.74, 6) is 1.35. The van der Waals surface area contributed by atoms with E-state index in [2.05, 4.69) is 9.55 Å². The van der Waals surface area contributed by atoms with E-state index in [-0.39, 0.29) is 5.75 Å². The third-order valence-electron chi connectivity index (χ3n) is 3.20. The van der Waals surface area contributed by atoms with Gasteiger partial charge in [-0.25, -0.2) is 4.98 Å². The Morgan fingerprint density at radius 1 is 1.29 bits per heavy atom. The van der Waals surface area contributed by atoms with Gasteiger partial charge >= 0.3 is 0 Å². The first kappa shape index (κ1) is 10.7. The van der Waals surface area contributed by atoms with Crippen molar-refractivity contribution in [1.29, 1.82) is 0 Å². The highest BCUT2D eigenvalue weighted by Crippen LogP contribution is 2.33. The highest BCUT2D eigenvalue weighted by Gasteiger charge is 2.17. The first-order valence-electron chi connectivity index (χ1n) is 5.79. The van der Waals surface area contributed by atoms with E-state index in [0.29, 0.717) is 5.02 Å². The summed E-state index contributed by atoms with van der Waals surface area (Å²) in [6.45, 7) is 0.969. The maximum Gasteiger partial charge on any atom is 0.125 e. The summed E-state index contributed by atoms with van der Waals surface area (Å²) >= 11 is 5.98. The van der Waals surface area contributed by atoms with Crippen molar-refractivity contribution in [2.75, 3.05) is 0 Å². The van der Waals surface area contributed by atoms with Crippen molar-refractivity contribution in [2.45, 2.75) is 25.8 Å².